The van der Waals surface area contributed by atoms with Crippen LogP contribution >= 0.6 is 0 Å². The lowest BCUT2D eigenvalue weighted by molar-refractivity contribution is -0.127. The van der Waals surface area contributed by atoms with Crippen molar-refractivity contribution in [2.24, 2.45) is 0 Å². The third-order valence-electron chi connectivity index (χ3n) is 3.85. The molecule has 0 aromatic heterocycles. The number of piperazine rings is 1. The van der Waals surface area contributed by atoms with Gasteiger partial charge in [0.2, 0.25) is 5.91 Å². The molecule has 1 aliphatic rings. The number of carbonyl (C=O) groups is 1. The molecule has 1 aromatic carbocycles. The summed E-state index contributed by atoms with van der Waals surface area (Å²) >= 11 is 0. The molecule has 0 spiro atoms. The molecule has 0 unspecified atom stereocenters. The molecule has 0 radical (unpaired) electrons. The predicted octanol–water partition coefficient (Wildman–Crippen LogP) is 1.17. The molecular weight excluding hydrogens is 338 g/mol. The lowest BCUT2D eigenvalue weighted by atomic mass is 10.2. The molecule has 132 valence electrons. The van der Waals surface area contributed by atoms with Crippen molar-refractivity contribution in [3.8, 4) is 0 Å². The Kier molecular flexibility index (Phi) is 6.06. The standard InChI is InChI=1S/C16H20F2N2O3S/c1-24(22,23)12-11-19-7-9-20(10-8-19)16(21)6-5-13-14(17)3-2-4-15(13)18/h2-6H,7-12H2,1H3. The molecular formula is C16H20F2N2O3S. The number of rotatable bonds is 5. The SMILES string of the molecule is CS(=O)(=O)CCN1CCN(C(=O)C=Cc2c(F)cccc2F)CC1. The highest BCUT2D eigenvalue weighted by Gasteiger charge is 2.20. The molecule has 0 bridgehead atoms. The number of hydrogen-bond acceptors (Lipinski definition) is 4. The van der Waals surface area contributed by atoms with Crippen molar-refractivity contribution >= 4 is 21.8 Å². The van der Waals surface area contributed by atoms with E-state index in [9.17, 15) is 22.0 Å². The molecule has 5 nitrogen and oxygen atoms in total. The monoisotopic (exact) mass is 358 g/mol. The van der Waals surface area contributed by atoms with Gasteiger partial charge in [-0.15, -0.1) is 0 Å². The van der Waals surface area contributed by atoms with Gasteiger partial charge in [0.1, 0.15) is 21.5 Å². The van der Waals surface area contributed by atoms with Crippen LogP contribution in [0.15, 0.2) is 24.3 Å². The van der Waals surface area contributed by atoms with Gasteiger partial charge in [-0.05, 0) is 18.2 Å². The number of carbonyl (C=O) groups excluding carboxylic acids is 1. The lowest BCUT2D eigenvalue weighted by Crippen LogP contribution is -2.49. The zero-order valence-corrected chi connectivity index (χ0v) is 14.2. The Balaban J connectivity index is 1.88. The fourth-order valence-electron chi connectivity index (χ4n) is 2.42. The van der Waals surface area contributed by atoms with Gasteiger partial charge < -0.3 is 4.90 Å². The number of benzene rings is 1. The quantitative estimate of drug-likeness (QED) is 0.742. The molecule has 1 saturated heterocycles. The minimum atomic E-state index is -3.01. The van der Waals surface area contributed by atoms with Gasteiger partial charge in [0.05, 0.1) is 5.75 Å². The molecule has 1 fully saturated rings. The average Bonchev–Trinajstić information content (AvgIpc) is 2.52. The summed E-state index contributed by atoms with van der Waals surface area (Å²) in [5.41, 5.74) is -0.238. The zero-order chi connectivity index (χ0) is 17.7. The Morgan fingerprint density at radius 2 is 1.75 bits per heavy atom. The third-order valence-corrected chi connectivity index (χ3v) is 4.78. The minimum absolute atomic E-state index is 0.0907. The highest BCUT2D eigenvalue weighted by atomic mass is 32.2. The van der Waals surface area contributed by atoms with E-state index >= 15 is 0 Å². The van der Waals surface area contributed by atoms with Gasteiger partial charge in [-0.2, -0.15) is 0 Å². The van der Waals surface area contributed by atoms with E-state index in [4.69, 9.17) is 0 Å². The smallest absolute Gasteiger partial charge is 0.246 e. The summed E-state index contributed by atoms with van der Waals surface area (Å²) in [6.07, 6.45) is 3.50. The summed E-state index contributed by atoms with van der Waals surface area (Å²) < 4.78 is 49.3. The van der Waals surface area contributed by atoms with Crippen molar-refractivity contribution < 1.29 is 22.0 Å². The fourth-order valence-corrected chi connectivity index (χ4v) is 3.01. The second-order valence-electron chi connectivity index (χ2n) is 5.77. The number of sulfone groups is 1. The van der Waals surface area contributed by atoms with Crippen LogP contribution in [-0.4, -0.2) is 68.9 Å². The van der Waals surface area contributed by atoms with E-state index < -0.39 is 21.5 Å². The van der Waals surface area contributed by atoms with Gasteiger partial charge >= 0.3 is 0 Å². The molecule has 1 aliphatic heterocycles. The molecule has 0 aliphatic carbocycles. The highest BCUT2D eigenvalue weighted by Crippen LogP contribution is 2.14. The van der Waals surface area contributed by atoms with Gasteiger partial charge in [0.25, 0.3) is 0 Å². The summed E-state index contributed by atoms with van der Waals surface area (Å²) in [6.45, 7) is 2.49. The van der Waals surface area contributed by atoms with Crippen molar-refractivity contribution in [2.45, 2.75) is 0 Å². The molecule has 0 atom stereocenters. The number of hydrogen-bond donors (Lipinski definition) is 0. The maximum absolute atomic E-state index is 13.5. The lowest BCUT2D eigenvalue weighted by Gasteiger charge is -2.34. The summed E-state index contributed by atoms with van der Waals surface area (Å²) in [6, 6.07) is 3.53. The molecule has 0 N–H and O–H groups in total. The summed E-state index contributed by atoms with van der Waals surface area (Å²) in [5, 5.41) is 0. The first-order chi connectivity index (χ1) is 11.3. The Labute approximate surface area is 140 Å². The van der Waals surface area contributed by atoms with E-state index in [1.54, 1.807) is 4.90 Å². The van der Waals surface area contributed by atoms with Crippen molar-refractivity contribution in [3.05, 3.63) is 41.5 Å². The Hall–Kier alpha value is -1.80. The first kappa shape index (κ1) is 18.5. The van der Waals surface area contributed by atoms with Crippen LogP contribution in [0.25, 0.3) is 6.08 Å². The first-order valence-electron chi connectivity index (χ1n) is 7.57. The van der Waals surface area contributed by atoms with Crippen LogP contribution in [0.4, 0.5) is 8.78 Å². The maximum atomic E-state index is 13.5. The van der Waals surface area contributed by atoms with E-state index in [0.29, 0.717) is 32.7 Å². The Morgan fingerprint density at radius 1 is 1.17 bits per heavy atom. The van der Waals surface area contributed by atoms with Crippen LogP contribution in [-0.2, 0) is 14.6 Å². The van der Waals surface area contributed by atoms with E-state index in [2.05, 4.69) is 0 Å². The second-order valence-corrected chi connectivity index (χ2v) is 8.03. The van der Waals surface area contributed by atoms with Crippen LogP contribution in [0, 0.1) is 11.6 Å². The van der Waals surface area contributed by atoms with Crippen LogP contribution in [0.2, 0.25) is 0 Å². The van der Waals surface area contributed by atoms with E-state index in [1.807, 2.05) is 4.90 Å². The highest BCUT2D eigenvalue weighted by molar-refractivity contribution is 7.90. The Morgan fingerprint density at radius 3 is 2.29 bits per heavy atom. The van der Waals surface area contributed by atoms with Crippen molar-refractivity contribution in [1.29, 1.82) is 0 Å². The minimum Gasteiger partial charge on any atom is -0.337 e. The fraction of sp³-hybridized carbons (Fsp3) is 0.438. The van der Waals surface area contributed by atoms with Crippen LogP contribution < -0.4 is 0 Å². The largest absolute Gasteiger partial charge is 0.337 e. The molecule has 1 amide bonds. The molecule has 0 saturated carbocycles. The number of halogens is 2. The van der Waals surface area contributed by atoms with Crippen LogP contribution in [0.1, 0.15) is 5.56 Å². The summed E-state index contributed by atoms with van der Waals surface area (Å²) in [7, 11) is -3.01. The van der Waals surface area contributed by atoms with Gasteiger partial charge in [-0.1, -0.05) is 6.07 Å². The van der Waals surface area contributed by atoms with Crippen LogP contribution in [0.5, 0.6) is 0 Å². The van der Waals surface area contributed by atoms with Crippen molar-refractivity contribution in [2.75, 3.05) is 44.7 Å². The van der Waals surface area contributed by atoms with E-state index in [0.717, 1.165) is 24.3 Å². The average molecular weight is 358 g/mol. The van der Waals surface area contributed by atoms with Gasteiger partial charge in [0.15, 0.2) is 0 Å². The molecule has 1 heterocycles. The molecule has 8 heteroatoms. The summed E-state index contributed by atoms with van der Waals surface area (Å²) in [4.78, 5) is 15.7. The van der Waals surface area contributed by atoms with Gasteiger partial charge in [-0.25, -0.2) is 17.2 Å². The number of nitrogens with zero attached hydrogens (tertiary/aromatic N) is 2. The molecule has 24 heavy (non-hydrogen) atoms. The molecule has 2 rings (SSSR count). The topological polar surface area (TPSA) is 57.7 Å². The van der Waals surface area contributed by atoms with Crippen molar-refractivity contribution in [3.63, 3.8) is 0 Å². The van der Waals surface area contributed by atoms with Crippen LogP contribution in [0.3, 0.4) is 0 Å². The van der Waals surface area contributed by atoms with Crippen molar-refractivity contribution in [1.82, 2.24) is 9.80 Å². The summed E-state index contributed by atoms with van der Waals surface area (Å²) in [5.74, 6) is -1.66. The maximum Gasteiger partial charge on any atom is 0.246 e. The first-order valence-corrected chi connectivity index (χ1v) is 9.63. The predicted molar refractivity (Wildman–Crippen MR) is 88.1 cm³/mol. The second kappa shape index (κ2) is 7.85. The zero-order valence-electron chi connectivity index (χ0n) is 13.4. The van der Waals surface area contributed by atoms with Gasteiger partial charge in [0, 0.05) is 50.6 Å². The Bertz CT molecular complexity index is 707. The van der Waals surface area contributed by atoms with E-state index in [1.165, 1.54) is 12.3 Å². The van der Waals surface area contributed by atoms with E-state index in [-0.39, 0.29) is 17.2 Å². The van der Waals surface area contributed by atoms with Gasteiger partial charge in [-0.3, -0.25) is 9.69 Å². The normalized spacial score (nSPS) is 16.7. The third kappa shape index (κ3) is 5.38. The molecule has 1 aromatic rings. The number of amides is 1.